The number of aryl methyl sites for hydroxylation is 1. The second-order valence-electron chi connectivity index (χ2n) is 6.54. The van der Waals surface area contributed by atoms with Crippen molar-refractivity contribution in [3.63, 3.8) is 0 Å². The SMILES string of the molecule is CCCn1cc(NC(=O)c2ccc(OC)c(CC3CCNC3)c2)cn1. The van der Waals surface area contributed by atoms with Gasteiger partial charge in [0.15, 0.2) is 0 Å². The lowest BCUT2D eigenvalue weighted by atomic mass is 9.96. The molecule has 2 N–H and O–H groups in total. The Morgan fingerprint density at radius 1 is 1.48 bits per heavy atom. The van der Waals surface area contributed by atoms with Crippen molar-refractivity contribution in [3.05, 3.63) is 41.7 Å². The molecule has 0 spiro atoms. The van der Waals surface area contributed by atoms with Crippen molar-refractivity contribution < 1.29 is 9.53 Å². The van der Waals surface area contributed by atoms with Crippen molar-refractivity contribution in [1.29, 1.82) is 0 Å². The minimum absolute atomic E-state index is 0.121. The zero-order valence-corrected chi connectivity index (χ0v) is 14.9. The van der Waals surface area contributed by atoms with Gasteiger partial charge < -0.3 is 15.4 Å². The molecule has 1 aromatic heterocycles. The van der Waals surface area contributed by atoms with Crippen molar-refractivity contribution in [3.8, 4) is 5.75 Å². The summed E-state index contributed by atoms with van der Waals surface area (Å²) in [5.74, 6) is 1.32. The Hall–Kier alpha value is -2.34. The van der Waals surface area contributed by atoms with Crippen LogP contribution in [0.2, 0.25) is 0 Å². The van der Waals surface area contributed by atoms with Gasteiger partial charge in [0.05, 0.1) is 19.0 Å². The molecule has 1 amide bonds. The van der Waals surface area contributed by atoms with E-state index in [1.54, 1.807) is 19.4 Å². The van der Waals surface area contributed by atoms with Crippen LogP contribution in [0.15, 0.2) is 30.6 Å². The molecule has 1 atom stereocenters. The van der Waals surface area contributed by atoms with Crippen molar-refractivity contribution in [2.45, 2.75) is 32.7 Å². The zero-order valence-electron chi connectivity index (χ0n) is 14.9. The van der Waals surface area contributed by atoms with Crippen LogP contribution >= 0.6 is 0 Å². The molecule has 134 valence electrons. The van der Waals surface area contributed by atoms with Gasteiger partial charge in [-0.05, 0) is 62.0 Å². The lowest BCUT2D eigenvalue weighted by Crippen LogP contribution is -2.14. The Labute approximate surface area is 148 Å². The molecule has 1 saturated heterocycles. The lowest BCUT2D eigenvalue weighted by Gasteiger charge is -2.14. The summed E-state index contributed by atoms with van der Waals surface area (Å²) < 4.78 is 7.31. The van der Waals surface area contributed by atoms with Crippen LogP contribution in [0.25, 0.3) is 0 Å². The third-order valence-electron chi connectivity index (χ3n) is 4.56. The van der Waals surface area contributed by atoms with Gasteiger partial charge in [0.1, 0.15) is 5.75 Å². The fourth-order valence-electron chi connectivity index (χ4n) is 3.26. The Kier molecular flexibility index (Phi) is 5.71. The first-order valence-corrected chi connectivity index (χ1v) is 8.91. The second kappa shape index (κ2) is 8.16. The van der Waals surface area contributed by atoms with Crippen LogP contribution in [0.5, 0.6) is 5.75 Å². The topological polar surface area (TPSA) is 68.2 Å². The number of amides is 1. The molecule has 25 heavy (non-hydrogen) atoms. The van der Waals surface area contributed by atoms with E-state index in [1.807, 2.05) is 23.0 Å². The summed E-state index contributed by atoms with van der Waals surface area (Å²) in [6.07, 6.45) is 6.63. The number of benzene rings is 1. The molecule has 6 nitrogen and oxygen atoms in total. The number of carbonyl (C=O) groups excluding carboxylic acids is 1. The van der Waals surface area contributed by atoms with Crippen molar-refractivity contribution in [2.75, 3.05) is 25.5 Å². The first-order valence-electron chi connectivity index (χ1n) is 8.91. The average molecular weight is 342 g/mol. The van der Waals surface area contributed by atoms with Crippen molar-refractivity contribution in [1.82, 2.24) is 15.1 Å². The summed E-state index contributed by atoms with van der Waals surface area (Å²) in [7, 11) is 1.67. The van der Waals surface area contributed by atoms with Crippen LogP contribution in [-0.2, 0) is 13.0 Å². The van der Waals surface area contributed by atoms with Gasteiger partial charge in [-0.1, -0.05) is 6.92 Å². The molecule has 1 fully saturated rings. The van der Waals surface area contributed by atoms with Crippen LogP contribution < -0.4 is 15.4 Å². The van der Waals surface area contributed by atoms with E-state index >= 15 is 0 Å². The van der Waals surface area contributed by atoms with Gasteiger partial charge in [-0.15, -0.1) is 0 Å². The fourth-order valence-corrected chi connectivity index (χ4v) is 3.26. The molecular weight excluding hydrogens is 316 g/mol. The minimum atomic E-state index is -0.121. The maximum atomic E-state index is 12.6. The van der Waals surface area contributed by atoms with Gasteiger partial charge >= 0.3 is 0 Å². The summed E-state index contributed by atoms with van der Waals surface area (Å²) in [4.78, 5) is 12.6. The molecule has 0 saturated carbocycles. The van der Waals surface area contributed by atoms with E-state index in [0.29, 0.717) is 11.5 Å². The smallest absolute Gasteiger partial charge is 0.255 e. The van der Waals surface area contributed by atoms with Crippen LogP contribution in [0.4, 0.5) is 5.69 Å². The van der Waals surface area contributed by atoms with Gasteiger partial charge in [-0.25, -0.2) is 0 Å². The molecule has 0 bridgehead atoms. The molecule has 1 aliphatic rings. The van der Waals surface area contributed by atoms with E-state index in [-0.39, 0.29) is 5.91 Å². The molecule has 1 aliphatic heterocycles. The van der Waals surface area contributed by atoms with Gasteiger partial charge in [0.2, 0.25) is 0 Å². The van der Waals surface area contributed by atoms with Crippen molar-refractivity contribution >= 4 is 11.6 Å². The predicted molar refractivity (Wildman–Crippen MR) is 98.1 cm³/mol. The summed E-state index contributed by atoms with van der Waals surface area (Å²) in [6, 6.07) is 5.64. The van der Waals surface area contributed by atoms with Gasteiger partial charge in [0, 0.05) is 18.3 Å². The molecule has 0 aliphatic carbocycles. The van der Waals surface area contributed by atoms with E-state index < -0.39 is 0 Å². The summed E-state index contributed by atoms with van der Waals surface area (Å²) in [5.41, 5.74) is 2.45. The molecule has 6 heteroatoms. The maximum absolute atomic E-state index is 12.6. The van der Waals surface area contributed by atoms with E-state index in [9.17, 15) is 4.79 Å². The van der Waals surface area contributed by atoms with E-state index in [4.69, 9.17) is 4.74 Å². The Morgan fingerprint density at radius 2 is 2.36 bits per heavy atom. The summed E-state index contributed by atoms with van der Waals surface area (Å²) in [5, 5.41) is 10.5. The number of carbonyl (C=O) groups is 1. The molecule has 0 radical (unpaired) electrons. The number of aromatic nitrogens is 2. The quantitative estimate of drug-likeness (QED) is 0.812. The standard InChI is InChI=1S/C19H26N4O2/c1-3-8-23-13-17(12-21-23)22-19(24)15-4-5-18(25-2)16(10-15)9-14-6-7-20-11-14/h4-5,10,12-14,20H,3,6-9,11H2,1-2H3,(H,22,24). The summed E-state index contributed by atoms with van der Waals surface area (Å²) >= 11 is 0. The Morgan fingerprint density at radius 3 is 3.08 bits per heavy atom. The number of nitrogens with one attached hydrogen (secondary N) is 2. The second-order valence-corrected chi connectivity index (χ2v) is 6.54. The molecular formula is C19H26N4O2. The average Bonchev–Trinajstić information content (AvgIpc) is 3.27. The number of ether oxygens (including phenoxy) is 1. The first-order chi connectivity index (χ1) is 12.2. The number of hydrogen-bond acceptors (Lipinski definition) is 4. The van der Waals surface area contributed by atoms with Gasteiger partial charge in [0.25, 0.3) is 5.91 Å². The van der Waals surface area contributed by atoms with E-state index in [2.05, 4.69) is 22.7 Å². The van der Waals surface area contributed by atoms with Crippen LogP contribution in [0, 0.1) is 5.92 Å². The highest BCUT2D eigenvalue weighted by Gasteiger charge is 2.18. The fraction of sp³-hybridized carbons (Fsp3) is 0.474. The summed E-state index contributed by atoms with van der Waals surface area (Å²) in [6.45, 7) is 5.03. The van der Waals surface area contributed by atoms with Crippen molar-refractivity contribution in [2.24, 2.45) is 5.92 Å². The highest BCUT2D eigenvalue weighted by molar-refractivity contribution is 6.04. The van der Waals surface area contributed by atoms with Crippen LogP contribution in [0.1, 0.15) is 35.7 Å². The third kappa shape index (κ3) is 4.39. The zero-order chi connectivity index (χ0) is 17.6. The molecule has 2 heterocycles. The Balaban J connectivity index is 1.72. The number of rotatable bonds is 7. The molecule has 1 unspecified atom stereocenters. The third-order valence-corrected chi connectivity index (χ3v) is 4.56. The normalized spacial score (nSPS) is 16.8. The van der Waals surface area contributed by atoms with E-state index in [0.717, 1.165) is 55.9 Å². The number of nitrogens with zero attached hydrogens (tertiary/aromatic N) is 2. The first kappa shape index (κ1) is 17.5. The number of anilines is 1. The maximum Gasteiger partial charge on any atom is 0.255 e. The van der Waals surface area contributed by atoms with Gasteiger partial charge in [-0.3, -0.25) is 9.48 Å². The molecule has 1 aromatic carbocycles. The number of methoxy groups -OCH3 is 1. The van der Waals surface area contributed by atoms with E-state index in [1.165, 1.54) is 0 Å². The van der Waals surface area contributed by atoms with Crippen LogP contribution in [0.3, 0.4) is 0 Å². The minimum Gasteiger partial charge on any atom is -0.496 e. The monoisotopic (exact) mass is 342 g/mol. The number of hydrogen-bond donors (Lipinski definition) is 2. The lowest BCUT2D eigenvalue weighted by molar-refractivity contribution is 0.102. The van der Waals surface area contributed by atoms with Gasteiger partial charge in [-0.2, -0.15) is 5.10 Å². The highest BCUT2D eigenvalue weighted by Crippen LogP contribution is 2.25. The predicted octanol–water partition coefficient (Wildman–Crippen LogP) is 2.71. The molecule has 3 rings (SSSR count). The Bertz CT molecular complexity index is 720. The molecule has 2 aromatic rings. The highest BCUT2D eigenvalue weighted by atomic mass is 16.5. The largest absolute Gasteiger partial charge is 0.496 e. The van der Waals surface area contributed by atoms with Crippen LogP contribution in [-0.4, -0.2) is 35.9 Å².